The highest BCUT2D eigenvalue weighted by molar-refractivity contribution is 6.00. The van der Waals surface area contributed by atoms with Gasteiger partial charge in [-0.3, -0.25) is 4.79 Å². The van der Waals surface area contributed by atoms with Crippen LogP contribution in [0.4, 0.5) is 18.9 Å². The fourth-order valence-corrected chi connectivity index (χ4v) is 1.78. The van der Waals surface area contributed by atoms with E-state index in [1.165, 1.54) is 25.1 Å². The fraction of sp³-hybridized carbons (Fsp3) is 0.385. The number of aliphatic hydroxyl groups is 1. The third-order valence-electron chi connectivity index (χ3n) is 2.59. The Kier molecular flexibility index (Phi) is 5.11. The fourth-order valence-electron chi connectivity index (χ4n) is 1.78. The number of hydrogen-bond acceptors (Lipinski definition) is 4. The minimum atomic E-state index is -4.48. The molecule has 0 heterocycles. The highest BCUT2D eigenvalue weighted by Crippen LogP contribution is 2.26. The minimum Gasteiger partial charge on any atom is -0.395 e. The number of nitriles is 1. The zero-order valence-electron chi connectivity index (χ0n) is 10.7. The van der Waals surface area contributed by atoms with Gasteiger partial charge in [0.15, 0.2) is 5.78 Å². The number of halogens is 3. The van der Waals surface area contributed by atoms with E-state index in [9.17, 15) is 18.0 Å². The van der Waals surface area contributed by atoms with E-state index in [0.29, 0.717) is 0 Å². The van der Waals surface area contributed by atoms with Gasteiger partial charge in [-0.1, -0.05) is 0 Å². The van der Waals surface area contributed by atoms with Gasteiger partial charge < -0.3 is 10.0 Å². The second kappa shape index (κ2) is 6.39. The van der Waals surface area contributed by atoms with Crippen LogP contribution >= 0.6 is 0 Å². The molecule has 0 saturated carbocycles. The molecule has 1 aromatic rings. The van der Waals surface area contributed by atoms with Gasteiger partial charge in [0.25, 0.3) is 0 Å². The minimum absolute atomic E-state index is 0.00271. The lowest BCUT2D eigenvalue weighted by molar-refractivity contribution is -0.119. The van der Waals surface area contributed by atoms with Crippen LogP contribution in [0.2, 0.25) is 0 Å². The lowest BCUT2D eigenvalue weighted by Crippen LogP contribution is -2.37. The van der Waals surface area contributed by atoms with Gasteiger partial charge in [0.05, 0.1) is 18.2 Å². The van der Waals surface area contributed by atoms with Crippen LogP contribution in [0.5, 0.6) is 0 Å². The predicted molar refractivity (Wildman–Crippen MR) is 66.5 cm³/mol. The molecule has 0 radical (unpaired) electrons. The highest BCUT2D eigenvalue weighted by Gasteiger charge is 2.32. The van der Waals surface area contributed by atoms with Crippen molar-refractivity contribution >= 4 is 11.5 Å². The number of anilines is 1. The maximum absolute atomic E-state index is 12.6. The standard InChI is InChI=1S/C13H13F3N2O2/c1-9(20)11-3-2-10(7-17)6-12(11)18(4-5-19)8-13(14,15)16/h2-3,6,19H,4-5,8H2,1H3. The number of carbonyl (C=O) groups excluding carboxylic acids is 1. The van der Waals surface area contributed by atoms with Crippen LogP contribution in [-0.4, -0.2) is 36.8 Å². The molecule has 0 saturated heterocycles. The summed E-state index contributed by atoms with van der Waals surface area (Å²) in [5.41, 5.74) is 0.236. The van der Waals surface area contributed by atoms with Gasteiger partial charge in [-0.05, 0) is 25.1 Å². The van der Waals surface area contributed by atoms with Crippen LogP contribution in [0.3, 0.4) is 0 Å². The number of hydrogen-bond donors (Lipinski definition) is 1. The zero-order valence-corrected chi connectivity index (χ0v) is 10.7. The van der Waals surface area contributed by atoms with E-state index in [1.54, 1.807) is 0 Å². The molecule has 0 bridgehead atoms. The smallest absolute Gasteiger partial charge is 0.395 e. The molecule has 0 amide bonds. The van der Waals surface area contributed by atoms with E-state index >= 15 is 0 Å². The van der Waals surface area contributed by atoms with Crippen LogP contribution in [0.15, 0.2) is 18.2 Å². The maximum atomic E-state index is 12.6. The van der Waals surface area contributed by atoms with Crippen molar-refractivity contribution in [2.75, 3.05) is 24.6 Å². The van der Waals surface area contributed by atoms with Crippen molar-refractivity contribution in [3.63, 3.8) is 0 Å². The average molecular weight is 286 g/mol. The maximum Gasteiger partial charge on any atom is 0.405 e. The van der Waals surface area contributed by atoms with E-state index in [0.717, 1.165) is 4.90 Å². The molecule has 20 heavy (non-hydrogen) atoms. The molecule has 0 atom stereocenters. The summed E-state index contributed by atoms with van der Waals surface area (Å²) in [6, 6.07) is 5.71. The van der Waals surface area contributed by atoms with Crippen molar-refractivity contribution in [2.45, 2.75) is 13.1 Å². The van der Waals surface area contributed by atoms with E-state index in [1.807, 2.05) is 6.07 Å². The summed E-state index contributed by atoms with van der Waals surface area (Å²) in [4.78, 5) is 12.3. The molecule has 0 aliphatic rings. The topological polar surface area (TPSA) is 64.3 Å². The first-order valence-corrected chi connectivity index (χ1v) is 5.76. The number of Topliss-reactive ketones (excluding diaryl/α,β-unsaturated/α-hetero) is 1. The zero-order chi connectivity index (χ0) is 15.3. The molecule has 0 aromatic heterocycles. The lowest BCUT2D eigenvalue weighted by Gasteiger charge is -2.27. The molecule has 7 heteroatoms. The second-order valence-corrected chi connectivity index (χ2v) is 4.16. The van der Waals surface area contributed by atoms with E-state index in [2.05, 4.69) is 0 Å². The third kappa shape index (κ3) is 4.24. The normalized spacial score (nSPS) is 11.0. The molecule has 0 aliphatic carbocycles. The SMILES string of the molecule is CC(=O)c1ccc(C#N)cc1N(CCO)CC(F)(F)F. The van der Waals surface area contributed by atoms with E-state index in [4.69, 9.17) is 10.4 Å². The Morgan fingerprint density at radius 2 is 2.10 bits per heavy atom. The summed E-state index contributed by atoms with van der Waals surface area (Å²) in [5.74, 6) is -0.408. The molecule has 1 aromatic carbocycles. The van der Waals surface area contributed by atoms with Crippen molar-refractivity contribution < 1.29 is 23.1 Å². The van der Waals surface area contributed by atoms with Crippen LogP contribution in [0.1, 0.15) is 22.8 Å². The van der Waals surface area contributed by atoms with Crippen molar-refractivity contribution in [2.24, 2.45) is 0 Å². The Morgan fingerprint density at radius 1 is 1.45 bits per heavy atom. The van der Waals surface area contributed by atoms with Crippen LogP contribution in [0, 0.1) is 11.3 Å². The first kappa shape index (κ1) is 16.0. The lowest BCUT2D eigenvalue weighted by atomic mass is 10.1. The van der Waals surface area contributed by atoms with Crippen LogP contribution < -0.4 is 4.90 Å². The molecule has 0 fully saturated rings. The number of aliphatic hydroxyl groups excluding tert-OH is 1. The molecular weight excluding hydrogens is 273 g/mol. The molecule has 108 valence electrons. The largest absolute Gasteiger partial charge is 0.405 e. The predicted octanol–water partition coefficient (Wildman–Crippen LogP) is 2.12. The summed E-state index contributed by atoms with van der Waals surface area (Å²) in [5, 5.41) is 17.7. The summed E-state index contributed by atoms with van der Waals surface area (Å²) < 4.78 is 37.7. The summed E-state index contributed by atoms with van der Waals surface area (Å²) in [6.45, 7) is -0.850. The van der Waals surface area contributed by atoms with Gasteiger partial charge in [-0.2, -0.15) is 18.4 Å². The Balaban J connectivity index is 3.29. The van der Waals surface area contributed by atoms with Gasteiger partial charge in [0.2, 0.25) is 0 Å². The van der Waals surface area contributed by atoms with Crippen molar-refractivity contribution in [1.82, 2.24) is 0 Å². The first-order valence-electron chi connectivity index (χ1n) is 5.76. The van der Waals surface area contributed by atoms with Gasteiger partial charge in [0.1, 0.15) is 6.54 Å². The number of ketones is 1. The van der Waals surface area contributed by atoms with Crippen LogP contribution in [0.25, 0.3) is 0 Å². The second-order valence-electron chi connectivity index (χ2n) is 4.16. The number of carbonyl (C=O) groups is 1. The molecule has 1 N–H and O–H groups in total. The number of alkyl halides is 3. The van der Waals surface area contributed by atoms with Crippen molar-refractivity contribution in [3.8, 4) is 6.07 Å². The number of nitrogens with zero attached hydrogens (tertiary/aromatic N) is 2. The van der Waals surface area contributed by atoms with E-state index in [-0.39, 0.29) is 23.4 Å². The third-order valence-corrected chi connectivity index (χ3v) is 2.59. The highest BCUT2D eigenvalue weighted by atomic mass is 19.4. The summed E-state index contributed by atoms with van der Waals surface area (Å²) in [6.07, 6.45) is -4.48. The summed E-state index contributed by atoms with van der Waals surface area (Å²) >= 11 is 0. The molecule has 0 unspecified atom stereocenters. The number of benzene rings is 1. The molecule has 0 aliphatic heterocycles. The monoisotopic (exact) mass is 286 g/mol. The molecular formula is C13H13F3N2O2. The Labute approximate surface area is 114 Å². The average Bonchev–Trinajstić information content (AvgIpc) is 2.35. The summed E-state index contributed by atoms with van der Waals surface area (Å²) in [7, 11) is 0. The van der Waals surface area contributed by atoms with Crippen molar-refractivity contribution in [3.05, 3.63) is 29.3 Å². The number of rotatable bonds is 5. The molecule has 1 rings (SSSR count). The van der Waals surface area contributed by atoms with Gasteiger partial charge >= 0.3 is 6.18 Å². The molecule has 0 spiro atoms. The van der Waals surface area contributed by atoms with Gasteiger partial charge in [-0.15, -0.1) is 0 Å². The van der Waals surface area contributed by atoms with Gasteiger partial charge in [0, 0.05) is 17.8 Å². The van der Waals surface area contributed by atoms with Gasteiger partial charge in [-0.25, -0.2) is 0 Å². The molecule has 4 nitrogen and oxygen atoms in total. The van der Waals surface area contributed by atoms with Crippen molar-refractivity contribution in [1.29, 1.82) is 5.26 Å². The van der Waals surface area contributed by atoms with Crippen LogP contribution in [-0.2, 0) is 0 Å². The quantitative estimate of drug-likeness (QED) is 0.842. The Hall–Kier alpha value is -2.07. The Morgan fingerprint density at radius 3 is 2.55 bits per heavy atom. The van der Waals surface area contributed by atoms with E-state index < -0.39 is 25.1 Å². The first-order chi connectivity index (χ1) is 9.28. The Bertz CT molecular complexity index is 535.